The molecule has 26 heavy (non-hydrogen) atoms. The molecule has 7 heteroatoms. The Balaban J connectivity index is 1.76. The Morgan fingerprint density at radius 2 is 2.27 bits per heavy atom. The Hall–Kier alpha value is -1.09. The number of aromatic nitrogens is 1. The molecule has 3 atom stereocenters. The third-order valence-corrected chi connectivity index (χ3v) is 7.18. The zero-order chi connectivity index (χ0) is 18.3. The molecular weight excluding hydrogens is 464 g/mol. The molecule has 0 amide bonds. The van der Waals surface area contributed by atoms with Crippen LogP contribution >= 0.6 is 34.4 Å². The van der Waals surface area contributed by atoms with E-state index in [0.717, 1.165) is 40.7 Å². The summed E-state index contributed by atoms with van der Waals surface area (Å²) in [6.45, 7) is 1.87. The van der Waals surface area contributed by atoms with Gasteiger partial charge in [-0.1, -0.05) is 24.2 Å². The number of aliphatic imine (C=N–C) groups is 1. The molecule has 1 aromatic heterocycles. The molecule has 1 aromatic carbocycles. The smallest absolute Gasteiger partial charge is 0.191 e. The van der Waals surface area contributed by atoms with Crippen LogP contribution in [-0.2, 0) is 5.54 Å². The maximum atomic E-state index is 14.9. The number of hydrogen-bond acceptors (Lipinski definition) is 5. The summed E-state index contributed by atoms with van der Waals surface area (Å²) in [6, 6.07) is 5.46. The van der Waals surface area contributed by atoms with Crippen molar-refractivity contribution >= 4 is 39.5 Å². The summed E-state index contributed by atoms with van der Waals surface area (Å²) in [7, 11) is 0. The molecule has 1 aliphatic heterocycles. The Bertz CT molecular complexity index is 855. The van der Waals surface area contributed by atoms with E-state index in [1.165, 1.54) is 0 Å². The second-order valence-corrected chi connectivity index (χ2v) is 9.41. The quantitative estimate of drug-likeness (QED) is 0.611. The molecule has 2 aromatic rings. The first kappa shape index (κ1) is 18.3. The van der Waals surface area contributed by atoms with Gasteiger partial charge in [-0.2, -0.15) is 0 Å². The van der Waals surface area contributed by atoms with E-state index < -0.39 is 5.54 Å². The second kappa shape index (κ2) is 7.14. The molecule has 0 spiro atoms. The maximum absolute atomic E-state index is 14.9. The van der Waals surface area contributed by atoms with Gasteiger partial charge in [0.25, 0.3) is 0 Å². The van der Waals surface area contributed by atoms with Gasteiger partial charge in [-0.05, 0) is 59.9 Å². The van der Waals surface area contributed by atoms with E-state index in [9.17, 15) is 4.39 Å². The van der Waals surface area contributed by atoms with Crippen LogP contribution in [0.15, 0.2) is 33.9 Å². The van der Waals surface area contributed by atoms with Crippen LogP contribution in [0.4, 0.5) is 4.39 Å². The van der Waals surface area contributed by atoms with Crippen molar-refractivity contribution in [2.24, 2.45) is 16.6 Å². The van der Waals surface area contributed by atoms with E-state index in [-0.39, 0.29) is 11.7 Å². The molecule has 2 N–H and O–H groups in total. The summed E-state index contributed by atoms with van der Waals surface area (Å²) < 4.78 is 21.3. The lowest BCUT2D eigenvalue weighted by Gasteiger charge is -2.40. The zero-order valence-corrected chi connectivity index (χ0v) is 17.5. The van der Waals surface area contributed by atoms with Crippen LogP contribution in [0.2, 0.25) is 0 Å². The Morgan fingerprint density at radius 3 is 3.00 bits per heavy atom. The van der Waals surface area contributed by atoms with E-state index in [1.807, 2.05) is 19.1 Å². The van der Waals surface area contributed by atoms with Crippen molar-refractivity contribution in [3.63, 3.8) is 0 Å². The van der Waals surface area contributed by atoms with Crippen LogP contribution in [0.5, 0.6) is 0 Å². The number of benzene rings is 1. The number of fused-ring (bicyclic) bond motifs is 1. The number of aryl methyl sites for hydroxylation is 1. The van der Waals surface area contributed by atoms with Gasteiger partial charge < -0.3 is 10.2 Å². The van der Waals surface area contributed by atoms with Crippen molar-refractivity contribution in [3.05, 3.63) is 51.0 Å². The average molecular weight is 485 g/mol. The molecular formula is C19H21FIN3OS. The van der Waals surface area contributed by atoms with Crippen molar-refractivity contribution in [2.75, 3.05) is 5.75 Å². The van der Waals surface area contributed by atoms with Crippen LogP contribution in [0.25, 0.3) is 0 Å². The van der Waals surface area contributed by atoms with E-state index in [4.69, 9.17) is 15.1 Å². The van der Waals surface area contributed by atoms with Gasteiger partial charge in [0.15, 0.2) is 11.1 Å². The maximum Gasteiger partial charge on any atom is 0.191 e. The van der Waals surface area contributed by atoms with Gasteiger partial charge in [-0.3, -0.25) is 4.99 Å². The van der Waals surface area contributed by atoms with Crippen LogP contribution in [0, 0.1) is 22.2 Å². The van der Waals surface area contributed by atoms with E-state index in [2.05, 4.69) is 27.6 Å². The fourth-order valence-electron chi connectivity index (χ4n) is 4.34. The van der Waals surface area contributed by atoms with E-state index in [0.29, 0.717) is 22.5 Å². The van der Waals surface area contributed by atoms with Gasteiger partial charge in [0.1, 0.15) is 12.1 Å². The molecule has 0 bridgehead atoms. The number of nitrogens with zero attached hydrogens (tertiary/aromatic N) is 2. The molecule has 1 aliphatic carbocycles. The first-order chi connectivity index (χ1) is 12.5. The van der Waals surface area contributed by atoms with Crippen molar-refractivity contribution < 1.29 is 8.81 Å². The van der Waals surface area contributed by atoms with Gasteiger partial charge in [-0.15, -0.1) is 0 Å². The van der Waals surface area contributed by atoms with E-state index >= 15 is 0 Å². The normalized spacial score (nSPS) is 29.0. The Morgan fingerprint density at radius 1 is 1.42 bits per heavy atom. The highest BCUT2D eigenvalue weighted by Gasteiger charge is 2.47. The molecule has 0 unspecified atom stereocenters. The third-order valence-electron chi connectivity index (χ3n) is 5.55. The molecule has 1 saturated carbocycles. The van der Waals surface area contributed by atoms with Crippen molar-refractivity contribution in [2.45, 2.75) is 44.1 Å². The molecule has 0 saturated heterocycles. The summed E-state index contributed by atoms with van der Waals surface area (Å²) in [5.41, 5.74) is 7.23. The predicted octanol–water partition coefficient (Wildman–Crippen LogP) is 4.96. The lowest BCUT2D eigenvalue weighted by atomic mass is 9.74. The predicted molar refractivity (Wildman–Crippen MR) is 111 cm³/mol. The summed E-state index contributed by atoms with van der Waals surface area (Å²) in [4.78, 5) is 9.41. The van der Waals surface area contributed by atoms with Crippen LogP contribution < -0.4 is 5.73 Å². The summed E-state index contributed by atoms with van der Waals surface area (Å²) >= 11 is 3.72. The highest BCUT2D eigenvalue weighted by molar-refractivity contribution is 14.1. The molecule has 2 heterocycles. The van der Waals surface area contributed by atoms with Gasteiger partial charge >= 0.3 is 0 Å². The number of nitrogens with two attached hydrogens (primary N) is 1. The molecule has 138 valence electrons. The van der Waals surface area contributed by atoms with Gasteiger partial charge in [-0.25, -0.2) is 9.37 Å². The van der Waals surface area contributed by atoms with E-state index in [1.54, 1.807) is 24.1 Å². The molecule has 4 nitrogen and oxygen atoms in total. The van der Waals surface area contributed by atoms with Gasteiger partial charge in [0, 0.05) is 27.7 Å². The second-order valence-electron chi connectivity index (χ2n) is 7.12. The monoisotopic (exact) mass is 485 g/mol. The number of amidine groups is 1. The molecule has 2 aliphatic rings. The fourth-order valence-corrected chi connectivity index (χ4v) is 5.80. The first-order valence-corrected chi connectivity index (χ1v) is 10.9. The van der Waals surface area contributed by atoms with Crippen LogP contribution in [0.1, 0.15) is 48.7 Å². The Kier molecular flexibility index (Phi) is 5.02. The number of thioether (sulfide) groups is 1. The largest absolute Gasteiger partial charge is 0.449 e. The third kappa shape index (κ3) is 3.28. The fraction of sp³-hybridized carbons (Fsp3) is 0.474. The highest BCUT2D eigenvalue weighted by atomic mass is 127. The molecule has 0 radical (unpaired) electrons. The van der Waals surface area contributed by atoms with Crippen molar-refractivity contribution in [3.8, 4) is 0 Å². The number of oxazole rings is 1. The Labute approximate surface area is 170 Å². The topological polar surface area (TPSA) is 64.4 Å². The van der Waals surface area contributed by atoms with Crippen molar-refractivity contribution in [1.29, 1.82) is 0 Å². The SMILES string of the molecule is Cc1nc([C@@H]2CCC[C@]3(c4ccc(I)cc4F)N=C(N)SC[C@@H]3C2)co1. The lowest BCUT2D eigenvalue weighted by molar-refractivity contribution is 0.268. The number of halogens is 2. The minimum Gasteiger partial charge on any atom is -0.449 e. The van der Waals surface area contributed by atoms with Gasteiger partial charge in [0.2, 0.25) is 0 Å². The lowest BCUT2D eigenvalue weighted by Crippen LogP contribution is -2.40. The average Bonchev–Trinajstić information content (AvgIpc) is 2.92. The van der Waals surface area contributed by atoms with Crippen LogP contribution in [-0.4, -0.2) is 15.9 Å². The van der Waals surface area contributed by atoms with Crippen molar-refractivity contribution in [1.82, 2.24) is 4.98 Å². The summed E-state index contributed by atoms with van der Waals surface area (Å²) in [5, 5.41) is 0.565. The minimum absolute atomic E-state index is 0.180. The summed E-state index contributed by atoms with van der Waals surface area (Å²) in [6.07, 6.45) is 5.47. The van der Waals surface area contributed by atoms with Gasteiger partial charge in [0.05, 0.1) is 11.2 Å². The minimum atomic E-state index is -0.572. The number of rotatable bonds is 2. The molecule has 1 fully saturated rings. The summed E-state index contributed by atoms with van der Waals surface area (Å²) in [5.74, 6) is 1.91. The first-order valence-electron chi connectivity index (χ1n) is 8.83. The standard InChI is InChI=1S/C19H21FIN3OS/c1-11-23-17(9-25-11)12-3-2-6-19(13(7-12)10-26-18(22)24-19)15-5-4-14(21)8-16(15)20/h4-5,8-9,12-13H,2-3,6-7,10H2,1H3,(H2,22,24)/t12-,13+,19+/m1/s1. The molecule has 4 rings (SSSR count). The zero-order valence-electron chi connectivity index (χ0n) is 14.5. The number of hydrogen-bond donors (Lipinski definition) is 1. The van der Waals surface area contributed by atoms with Crippen LogP contribution in [0.3, 0.4) is 0 Å². The highest BCUT2D eigenvalue weighted by Crippen LogP contribution is 2.51.